The number of fused-ring (bicyclic) bond motifs is 3. The van der Waals surface area contributed by atoms with Crippen molar-refractivity contribution in [2.24, 2.45) is 5.10 Å². The highest BCUT2D eigenvalue weighted by Gasteiger charge is 2.40. The first-order valence-corrected chi connectivity index (χ1v) is 11.2. The van der Waals surface area contributed by atoms with Gasteiger partial charge in [-0.2, -0.15) is 5.10 Å². The Morgan fingerprint density at radius 1 is 0.935 bits per heavy atom. The summed E-state index contributed by atoms with van der Waals surface area (Å²) in [6.07, 6.45) is 4.11. The minimum atomic E-state index is -0.254. The molecule has 0 N–H and O–H groups in total. The second-order valence-electron chi connectivity index (χ2n) is 8.15. The lowest BCUT2D eigenvalue weighted by molar-refractivity contribution is -0.0190. The summed E-state index contributed by atoms with van der Waals surface area (Å²) in [5.41, 5.74) is 4.55. The number of hydrogen-bond donors (Lipinski definition) is 0. The molecular formula is C27H28N2O2. The van der Waals surface area contributed by atoms with E-state index >= 15 is 0 Å². The van der Waals surface area contributed by atoms with Crippen LogP contribution in [0.25, 0.3) is 0 Å². The number of hydrazone groups is 1. The van der Waals surface area contributed by atoms with E-state index in [0.29, 0.717) is 0 Å². The predicted molar refractivity (Wildman–Crippen MR) is 123 cm³/mol. The molecule has 2 aliphatic heterocycles. The molecule has 158 valence electrons. The Labute approximate surface area is 184 Å². The van der Waals surface area contributed by atoms with Crippen molar-refractivity contribution in [2.75, 3.05) is 6.61 Å². The van der Waals surface area contributed by atoms with E-state index in [0.717, 1.165) is 42.2 Å². The van der Waals surface area contributed by atoms with E-state index in [4.69, 9.17) is 14.6 Å². The molecular weight excluding hydrogens is 384 g/mol. The third-order valence-electron chi connectivity index (χ3n) is 5.99. The van der Waals surface area contributed by atoms with Gasteiger partial charge in [-0.25, -0.2) is 5.01 Å². The smallest absolute Gasteiger partial charge is 0.213 e. The highest BCUT2D eigenvalue weighted by atomic mass is 16.5. The molecule has 4 nitrogen and oxygen atoms in total. The molecule has 0 saturated carbocycles. The maximum Gasteiger partial charge on any atom is 0.213 e. The second-order valence-corrected chi connectivity index (χ2v) is 8.15. The lowest BCUT2D eigenvalue weighted by Gasteiger charge is -2.38. The summed E-state index contributed by atoms with van der Waals surface area (Å²) in [5.74, 6) is 1.85. The molecule has 5 rings (SSSR count). The zero-order chi connectivity index (χ0) is 21.0. The van der Waals surface area contributed by atoms with E-state index in [2.05, 4.69) is 66.5 Å². The van der Waals surface area contributed by atoms with E-state index in [1.807, 2.05) is 24.3 Å². The first-order chi connectivity index (χ1) is 15.3. The number of benzene rings is 3. The van der Waals surface area contributed by atoms with Crippen molar-refractivity contribution in [3.63, 3.8) is 0 Å². The minimum absolute atomic E-state index is 0.176. The zero-order valence-electron chi connectivity index (χ0n) is 17.9. The molecule has 0 spiro atoms. The summed E-state index contributed by atoms with van der Waals surface area (Å²) in [5, 5.41) is 7.15. The number of para-hydroxylation sites is 1. The summed E-state index contributed by atoms with van der Waals surface area (Å²) >= 11 is 0. The fraction of sp³-hybridized carbons (Fsp3) is 0.296. The quantitative estimate of drug-likeness (QED) is 0.416. The van der Waals surface area contributed by atoms with Crippen LogP contribution in [0.4, 0.5) is 0 Å². The maximum absolute atomic E-state index is 6.45. The normalized spacial score (nSPS) is 19.3. The highest BCUT2D eigenvalue weighted by Crippen LogP contribution is 2.47. The largest absolute Gasteiger partial charge is 0.494 e. The Bertz CT molecular complexity index is 1050. The van der Waals surface area contributed by atoms with Gasteiger partial charge in [-0.15, -0.1) is 0 Å². The molecule has 0 radical (unpaired) electrons. The first kappa shape index (κ1) is 19.7. The van der Waals surface area contributed by atoms with Gasteiger partial charge in [0.1, 0.15) is 11.5 Å². The standard InChI is InChI=1S/C27H28N2O2/c1-2-3-9-18-30-22-16-14-21(15-17-22)27-29-25(23-12-7-8-13-26(23)31-27)19-24(28-29)20-10-5-4-6-11-20/h4-8,10-17,25,27H,2-3,9,18-19H2,1H3/t25-,27+/m0/s1. The lowest BCUT2D eigenvalue weighted by atomic mass is 9.96. The lowest BCUT2D eigenvalue weighted by Crippen LogP contribution is -2.33. The fourth-order valence-electron chi connectivity index (χ4n) is 4.33. The average Bonchev–Trinajstić information content (AvgIpc) is 3.28. The van der Waals surface area contributed by atoms with Crippen LogP contribution in [0.1, 0.15) is 61.6 Å². The van der Waals surface area contributed by atoms with Crippen molar-refractivity contribution < 1.29 is 9.47 Å². The van der Waals surface area contributed by atoms with Crippen LogP contribution in [-0.4, -0.2) is 17.3 Å². The first-order valence-electron chi connectivity index (χ1n) is 11.2. The Hall–Kier alpha value is -3.27. The highest BCUT2D eigenvalue weighted by molar-refractivity contribution is 6.01. The van der Waals surface area contributed by atoms with E-state index in [1.165, 1.54) is 24.0 Å². The number of ether oxygens (including phenoxy) is 2. The van der Waals surface area contributed by atoms with Crippen molar-refractivity contribution in [3.05, 3.63) is 95.6 Å². The monoisotopic (exact) mass is 412 g/mol. The van der Waals surface area contributed by atoms with Crippen LogP contribution in [0.3, 0.4) is 0 Å². The van der Waals surface area contributed by atoms with Crippen LogP contribution in [0, 0.1) is 0 Å². The molecule has 2 atom stereocenters. The molecule has 2 heterocycles. The van der Waals surface area contributed by atoms with Gasteiger partial charge >= 0.3 is 0 Å². The number of unbranched alkanes of at least 4 members (excludes halogenated alkanes) is 2. The van der Waals surface area contributed by atoms with Crippen LogP contribution in [0.5, 0.6) is 11.5 Å². The van der Waals surface area contributed by atoms with Gasteiger partial charge in [-0.1, -0.05) is 68.3 Å². The van der Waals surface area contributed by atoms with E-state index in [9.17, 15) is 0 Å². The second kappa shape index (κ2) is 8.84. The number of rotatable bonds is 7. The van der Waals surface area contributed by atoms with Crippen molar-refractivity contribution in [1.29, 1.82) is 0 Å². The van der Waals surface area contributed by atoms with E-state index < -0.39 is 0 Å². The topological polar surface area (TPSA) is 34.1 Å². The summed E-state index contributed by atoms with van der Waals surface area (Å²) in [6.45, 7) is 2.97. The van der Waals surface area contributed by atoms with Gasteiger partial charge in [0.05, 0.1) is 18.4 Å². The maximum atomic E-state index is 6.45. The molecule has 0 fully saturated rings. The summed E-state index contributed by atoms with van der Waals surface area (Å²) in [7, 11) is 0. The van der Waals surface area contributed by atoms with Gasteiger partial charge in [0, 0.05) is 17.5 Å². The third kappa shape index (κ3) is 4.02. The van der Waals surface area contributed by atoms with Crippen molar-refractivity contribution in [2.45, 2.75) is 44.9 Å². The Kier molecular flexibility index (Phi) is 5.61. The molecule has 3 aromatic carbocycles. The zero-order valence-corrected chi connectivity index (χ0v) is 17.9. The molecule has 4 heteroatoms. The Morgan fingerprint density at radius 2 is 1.71 bits per heavy atom. The molecule has 0 bridgehead atoms. The number of hydrogen-bond acceptors (Lipinski definition) is 4. The van der Waals surface area contributed by atoms with Crippen molar-refractivity contribution >= 4 is 5.71 Å². The van der Waals surface area contributed by atoms with Crippen molar-refractivity contribution in [1.82, 2.24) is 5.01 Å². The van der Waals surface area contributed by atoms with Crippen molar-refractivity contribution in [3.8, 4) is 11.5 Å². The molecule has 0 amide bonds. The molecule has 31 heavy (non-hydrogen) atoms. The molecule has 0 aliphatic carbocycles. The molecule has 3 aromatic rings. The van der Waals surface area contributed by atoms with Gasteiger partial charge < -0.3 is 9.47 Å². The molecule has 0 saturated heterocycles. The van der Waals surface area contributed by atoms with Crippen LogP contribution < -0.4 is 9.47 Å². The fourth-order valence-corrected chi connectivity index (χ4v) is 4.33. The van der Waals surface area contributed by atoms with Crippen LogP contribution in [-0.2, 0) is 0 Å². The van der Waals surface area contributed by atoms with Gasteiger partial charge in [0.25, 0.3) is 0 Å². The summed E-state index contributed by atoms with van der Waals surface area (Å²) in [6, 6.07) is 27.2. The minimum Gasteiger partial charge on any atom is -0.494 e. The van der Waals surface area contributed by atoms with Crippen LogP contribution >= 0.6 is 0 Å². The third-order valence-corrected chi connectivity index (χ3v) is 5.99. The van der Waals surface area contributed by atoms with E-state index in [-0.39, 0.29) is 12.3 Å². The molecule has 2 aliphatic rings. The van der Waals surface area contributed by atoms with Gasteiger partial charge in [0.2, 0.25) is 6.23 Å². The SMILES string of the molecule is CCCCCOc1ccc([C@H]2Oc3ccccc3[C@@H]3CC(c4ccccc4)=NN23)cc1. The Morgan fingerprint density at radius 3 is 2.52 bits per heavy atom. The Balaban J connectivity index is 1.42. The van der Waals surface area contributed by atoms with Crippen LogP contribution in [0.15, 0.2) is 84.0 Å². The molecule has 0 aromatic heterocycles. The summed E-state index contributed by atoms with van der Waals surface area (Å²) < 4.78 is 12.3. The van der Waals surface area contributed by atoms with Gasteiger partial charge in [-0.3, -0.25) is 0 Å². The van der Waals surface area contributed by atoms with Crippen LogP contribution in [0.2, 0.25) is 0 Å². The van der Waals surface area contributed by atoms with E-state index in [1.54, 1.807) is 0 Å². The molecule has 0 unspecified atom stereocenters. The van der Waals surface area contributed by atoms with Gasteiger partial charge in [-0.05, 0) is 42.3 Å². The summed E-state index contributed by atoms with van der Waals surface area (Å²) in [4.78, 5) is 0. The predicted octanol–water partition coefficient (Wildman–Crippen LogP) is 6.50. The van der Waals surface area contributed by atoms with Gasteiger partial charge in [0.15, 0.2) is 0 Å². The average molecular weight is 413 g/mol. The number of nitrogens with zero attached hydrogens (tertiary/aromatic N) is 2.